The molecule has 8 aromatic rings. The van der Waals surface area contributed by atoms with Crippen LogP contribution < -0.4 is 34.4 Å². The lowest BCUT2D eigenvalue weighted by Gasteiger charge is -2.12. The number of hydrogen-bond acceptors (Lipinski definition) is 6. The van der Waals surface area contributed by atoms with Crippen LogP contribution >= 0.6 is 0 Å². The van der Waals surface area contributed by atoms with Crippen molar-refractivity contribution in [1.29, 1.82) is 0 Å². The van der Waals surface area contributed by atoms with E-state index in [9.17, 15) is 0 Å². The summed E-state index contributed by atoms with van der Waals surface area (Å²) in [5.74, 6) is 0. The highest BCUT2D eigenvalue weighted by molar-refractivity contribution is 5.83. The minimum absolute atomic E-state index is 0.757. The van der Waals surface area contributed by atoms with Crippen molar-refractivity contribution in [3.63, 3.8) is 0 Å². The fourth-order valence-corrected chi connectivity index (χ4v) is 6.31. The highest BCUT2D eigenvalue weighted by Crippen LogP contribution is 2.35. The van der Waals surface area contributed by atoms with Gasteiger partial charge in [0.2, 0.25) is 0 Å². The summed E-state index contributed by atoms with van der Waals surface area (Å²) in [5, 5.41) is 0. The third-order valence-electron chi connectivity index (χ3n) is 9.33. The van der Waals surface area contributed by atoms with E-state index in [1.807, 2.05) is 146 Å². The predicted octanol–water partition coefficient (Wildman–Crippen LogP) is 10.9. The number of benzene rings is 8. The molecule has 0 aliphatic rings. The lowest BCUT2D eigenvalue weighted by Crippen LogP contribution is -1.89. The molecule has 54 heavy (non-hydrogen) atoms. The minimum atomic E-state index is 0.757. The standard InChI is InChI=1S/2C24H21N3/c2*25-22-7-1-16(2-8-22)19-13-20(17-3-9-23(26)10-4-17)15-21(14-19)18-5-11-24(27)12-6-18/h2*1-15H,25-27H2. The van der Waals surface area contributed by atoms with Crippen LogP contribution in [0.25, 0.3) is 66.8 Å². The molecule has 0 bridgehead atoms. The molecule has 0 saturated carbocycles. The van der Waals surface area contributed by atoms with Crippen molar-refractivity contribution in [2.45, 2.75) is 0 Å². The second-order valence-electron chi connectivity index (χ2n) is 13.3. The molecule has 0 radical (unpaired) electrons. The quantitative estimate of drug-likeness (QED) is 0.0947. The van der Waals surface area contributed by atoms with Crippen molar-refractivity contribution in [3.05, 3.63) is 182 Å². The average molecular weight is 703 g/mol. The van der Waals surface area contributed by atoms with Crippen molar-refractivity contribution >= 4 is 34.1 Å². The number of anilines is 6. The molecule has 6 nitrogen and oxygen atoms in total. The first kappa shape index (κ1) is 35.0. The third kappa shape index (κ3) is 8.36. The van der Waals surface area contributed by atoms with Gasteiger partial charge in [-0.25, -0.2) is 0 Å². The summed E-state index contributed by atoms with van der Waals surface area (Å²) >= 11 is 0. The van der Waals surface area contributed by atoms with Crippen molar-refractivity contribution in [2.75, 3.05) is 34.4 Å². The summed E-state index contributed by atoms with van der Waals surface area (Å²) in [7, 11) is 0. The van der Waals surface area contributed by atoms with Crippen LogP contribution in [0.1, 0.15) is 0 Å². The Kier molecular flexibility index (Phi) is 10.00. The lowest BCUT2D eigenvalue weighted by atomic mass is 9.93. The maximum absolute atomic E-state index is 5.85. The van der Waals surface area contributed by atoms with Gasteiger partial charge >= 0.3 is 0 Å². The largest absolute Gasteiger partial charge is 0.399 e. The van der Waals surface area contributed by atoms with Gasteiger partial charge in [-0.05, 0) is 176 Å². The van der Waals surface area contributed by atoms with Crippen molar-refractivity contribution < 1.29 is 0 Å². The van der Waals surface area contributed by atoms with Gasteiger partial charge in [0.05, 0.1) is 0 Å². The van der Waals surface area contributed by atoms with E-state index in [0.29, 0.717) is 0 Å². The summed E-state index contributed by atoms with van der Waals surface area (Å²) in [5.41, 5.74) is 53.2. The monoisotopic (exact) mass is 702 g/mol. The van der Waals surface area contributed by atoms with Gasteiger partial charge in [-0.2, -0.15) is 0 Å². The molecule has 0 aromatic heterocycles. The van der Waals surface area contributed by atoms with Gasteiger partial charge < -0.3 is 34.4 Å². The molecule has 0 unspecified atom stereocenters. The van der Waals surface area contributed by atoms with Gasteiger partial charge in [-0.15, -0.1) is 0 Å². The first-order valence-corrected chi connectivity index (χ1v) is 17.6. The van der Waals surface area contributed by atoms with E-state index in [1.54, 1.807) is 0 Å². The maximum Gasteiger partial charge on any atom is 0.0314 e. The van der Waals surface area contributed by atoms with E-state index < -0.39 is 0 Å². The molecular formula is C48H42N6. The van der Waals surface area contributed by atoms with Crippen LogP contribution in [0, 0.1) is 0 Å². The number of nitrogen functional groups attached to an aromatic ring is 6. The van der Waals surface area contributed by atoms with Crippen LogP contribution in [-0.4, -0.2) is 0 Å². The fourth-order valence-electron chi connectivity index (χ4n) is 6.31. The zero-order valence-electron chi connectivity index (χ0n) is 29.8. The van der Waals surface area contributed by atoms with Crippen molar-refractivity contribution in [3.8, 4) is 66.8 Å². The summed E-state index contributed by atoms with van der Waals surface area (Å²) < 4.78 is 0. The van der Waals surface area contributed by atoms with Gasteiger partial charge in [0.25, 0.3) is 0 Å². The second-order valence-corrected chi connectivity index (χ2v) is 13.3. The van der Waals surface area contributed by atoms with Gasteiger partial charge in [-0.1, -0.05) is 72.8 Å². The van der Waals surface area contributed by atoms with E-state index >= 15 is 0 Å². The zero-order chi connectivity index (χ0) is 37.6. The van der Waals surface area contributed by atoms with Gasteiger partial charge in [-0.3, -0.25) is 0 Å². The third-order valence-corrected chi connectivity index (χ3v) is 9.33. The number of hydrogen-bond donors (Lipinski definition) is 6. The molecule has 0 amide bonds. The molecule has 0 atom stereocenters. The Hall–Kier alpha value is -7.44. The van der Waals surface area contributed by atoms with E-state index in [-0.39, 0.29) is 0 Å². The molecule has 8 aromatic carbocycles. The van der Waals surface area contributed by atoms with E-state index in [4.69, 9.17) is 34.4 Å². The Bertz CT molecular complexity index is 2000. The summed E-state index contributed by atoms with van der Waals surface area (Å²) in [4.78, 5) is 0. The Labute approximate surface area is 316 Å². The van der Waals surface area contributed by atoms with Gasteiger partial charge in [0.15, 0.2) is 0 Å². The molecule has 264 valence electrons. The first-order valence-electron chi connectivity index (χ1n) is 17.6. The zero-order valence-corrected chi connectivity index (χ0v) is 29.8. The fraction of sp³-hybridized carbons (Fsp3) is 0. The Balaban J connectivity index is 0.000000167. The smallest absolute Gasteiger partial charge is 0.0314 e. The van der Waals surface area contributed by atoms with Crippen LogP contribution in [0.5, 0.6) is 0 Å². The Morgan fingerprint density at radius 2 is 0.259 bits per heavy atom. The van der Waals surface area contributed by atoms with E-state index in [2.05, 4.69) is 36.4 Å². The Morgan fingerprint density at radius 3 is 0.370 bits per heavy atom. The maximum atomic E-state index is 5.85. The SMILES string of the molecule is Nc1ccc(-c2cc(-c3ccc(N)cc3)cc(-c3ccc(N)cc3)c2)cc1.Nc1ccc(-c2cc(-c3ccc(N)cc3)cc(-c3ccc(N)cc3)c2)cc1. The summed E-state index contributed by atoms with van der Waals surface area (Å²) in [6.07, 6.45) is 0. The highest BCUT2D eigenvalue weighted by Gasteiger charge is 2.10. The molecule has 0 heterocycles. The molecule has 0 fully saturated rings. The topological polar surface area (TPSA) is 156 Å². The van der Waals surface area contributed by atoms with Crippen LogP contribution in [0.3, 0.4) is 0 Å². The lowest BCUT2D eigenvalue weighted by molar-refractivity contribution is 1.56. The van der Waals surface area contributed by atoms with Gasteiger partial charge in [0.1, 0.15) is 0 Å². The van der Waals surface area contributed by atoms with Crippen molar-refractivity contribution in [2.24, 2.45) is 0 Å². The van der Waals surface area contributed by atoms with E-state index in [1.165, 1.54) is 0 Å². The molecule has 12 N–H and O–H groups in total. The van der Waals surface area contributed by atoms with Crippen LogP contribution in [0.15, 0.2) is 182 Å². The summed E-state index contributed by atoms with van der Waals surface area (Å²) in [6, 6.07) is 60.8. The predicted molar refractivity (Wildman–Crippen MR) is 232 cm³/mol. The second kappa shape index (κ2) is 15.4. The number of nitrogens with two attached hydrogens (primary N) is 6. The van der Waals surface area contributed by atoms with E-state index in [0.717, 1.165) is 101 Å². The first-order chi connectivity index (χ1) is 26.2. The average Bonchev–Trinajstić information content (AvgIpc) is 3.19. The minimum Gasteiger partial charge on any atom is -0.399 e. The summed E-state index contributed by atoms with van der Waals surface area (Å²) in [6.45, 7) is 0. The van der Waals surface area contributed by atoms with Crippen LogP contribution in [-0.2, 0) is 0 Å². The molecule has 0 aliphatic carbocycles. The van der Waals surface area contributed by atoms with Crippen molar-refractivity contribution in [1.82, 2.24) is 0 Å². The van der Waals surface area contributed by atoms with Crippen LogP contribution in [0.2, 0.25) is 0 Å². The molecule has 0 spiro atoms. The van der Waals surface area contributed by atoms with Gasteiger partial charge in [0, 0.05) is 34.1 Å². The highest BCUT2D eigenvalue weighted by atomic mass is 14.6. The molecule has 8 rings (SSSR count). The Morgan fingerprint density at radius 1 is 0.148 bits per heavy atom. The molecule has 0 saturated heterocycles. The normalized spacial score (nSPS) is 10.7. The molecule has 6 heteroatoms. The molecule has 0 aliphatic heterocycles. The number of rotatable bonds is 6. The van der Waals surface area contributed by atoms with Crippen LogP contribution in [0.4, 0.5) is 34.1 Å². The molecular weight excluding hydrogens is 661 g/mol.